The molecule has 0 bridgehead atoms. The first kappa shape index (κ1) is 28.9. The lowest BCUT2D eigenvalue weighted by Crippen LogP contribution is -2.24. The average Bonchev–Trinajstić information content (AvgIpc) is 3.44. The molecule has 0 amide bonds. The van der Waals surface area contributed by atoms with Crippen molar-refractivity contribution >= 4 is 22.6 Å². The second-order valence-corrected chi connectivity index (χ2v) is 11.1. The molecule has 222 valence electrons. The van der Waals surface area contributed by atoms with Gasteiger partial charge in [-0.25, -0.2) is 27.9 Å². The maximum absolute atomic E-state index is 15.0. The molecule has 12 heteroatoms. The van der Waals surface area contributed by atoms with Gasteiger partial charge in [-0.2, -0.15) is 10.5 Å². The normalized spacial score (nSPS) is 15.5. The number of carboxylic acid groups (broad SMARTS) is 1. The van der Waals surface area contributed by atoms with Gasteiger partial charge in [0.05, 0.1) is 41.0 Å². The van der Waals surface area contributed by atoms with Crippen molar-refractivity contribution in [2.45, 2.75) is 39.0 Å². The van der Waals surface area contributed by atoms with Crippen LogP contribution in [0.5, 0.6) is 5.75 Å². The highest BCUT2D eigenvalue weighted by Gasteiger charge is 2.43. The number of benzene rings is 2. The van der Waals surface area contributed by atoms with Crippen molar-refractivity contribution in [3.8, 4) is 17.9 Å². The van der Waals surface area contributed by atoms with Gasteiger partial charge in [0.1, 0.15) is 29.5 Å². The number of imidazole rings is 1. The lowest BCUT2D eigenvalue weighted by atomic mass is 10.0. The number of halogens is 3. The summed E-state index contributed by atoms with van der Waals surface area (Å²) in [7, 11) is 0. The molecule has 0 unspecified atom stereocenters. The van der Waals surface area contributed by atoms with Crippen molar-refractivity contribution in [3.63, 3.8) is 0 Å². The van der Waals surface area contributed by atoms with Crippen LogP contribution in [-0.4, -0.2) is 43.6 Å². The fraction of sp³-hybridized carbons (Fsp3) is 0.281. The van der Waals surface area contributed by atoms with Gasteiger partial charge >= 0.3 is 5.97 Å². The summed E-state index contributed by atoms with van der Waals surface area (Å²) in [6.45, 7) is 1.35. The molecule has 1 N–H and O–H groups in total. The second kappa shape index (κ2) is 11.5. The Labute approximate surface area is 250 Å². The van der Waals surface area contributed by atoms with Gasteiger partial charge in [-0.15, -0.1) is 0 Å². The van der Waals surface area contributed by atoms with Crippen LogP contribution in [0, 0.1) is 45.5 Å². The zero-order valence-corrected chi connectivity index (χ0v) is 23.4. The Kier molecular flexibility index (Phi) is 7.53. The van der Waals surface area contributed by atoms with Crippen molar-refractivity contribution in [2.24, 2.45) is 5.41 Å². The number of nitrogens with zero attached hydrogens (tertiary/aromatic N) is 6. The van der Waals surface area contributed by atoms with Crippen LogP contribution in [-0.2, 0) is 19.7 Å². The Morgan fingerprint density at radius 1 is 1.05 bits per heavy atom. The Balaban J connectivity index is 1.21. The van der Waals surface area contributed by atoms with Crippen LogP contribution in [0.1, 0.15) is 52.4 Å². The molecule has 44 heavy (non-hydrogen) atoms. The van der Waals surface area contributed by atoms with Crippen molar-refractivity contribution in [3.05, 3.63) is 94.3 Å². The minimum absolute atomic E-state index is 0.00987. The topological polar surface area (TPSA) is 128 Å². The summed E-state index contributed by atoms with van der Waals surface area (Å²) in [5, 5.41) is 27.8. The second-order valence-electron chi connectivity index (χ2n) is 11.1. The monoisotopic (exact) mass is 598 g/mol. The van der Waals surface area contributed by atoms with Crippen LogP contribution in [0.15, 0.2) is 48.5 Å². The van der Waals surface area contributed by atoms with Crippen LogP contribution in [0.2, 0.25) is 0 Å². The first-order valence-corrected chi connectivity index (χ1v) is 13.9. The molecule has 0 spiro atoms. The summed E-state index contributed by atoms with van der Waals surface area (Å²) in [6.07, 6.45) is 3.97. The summed E-state index contributed by atoms with van der Waals surface area (Å²) >= 11 is 0. The van der Waals surface area contributed by atoms with Gasteiger partial charge in [0.25, 0.3) is 0 Å². The first-order valence-electron chi connectivity index (χ1n) is 13.9. The molecule has 0 radical (unpaired) electrons. The molecule has 2 aliphatic rings. The van der Waals surface area contributed by atoms with Gasteiger partial charge in [0.2, 0.25) is 0 Å². The van der Waals surface area contributed by atoms with Crippen molar-refractivity contribution < 1.29 is 27.8 Å². The average molecular weight is 599 g/mol. The molecule has 6 rings (SSSR count). The van der Waals surface area contributed by atoms with E-state index < -0.39 is 23.4 Å². The van der Waals surface area contributed by atoms with E-state index in [4.69, 9.17) is 10.00 Å². The Hall–Kier alpha value is -5.20. The quantitative estimate of drug-likeness (QED) is 0.250. The van der Waals surface area contributed by atoms with Crippen LogP contribution < -0.4 is 4.74 Å². The smallest absolute Gasteiger partial charge is 0.335 e. The molecule has 1 saturated carbocycles. The standard InChI is InChI=1S/C32H25F3N6O3/c33-22-2-3-25(38-26(22)17-44-28-4-1-19(14-37)11-23(28)34)20-5-10-40(15-20)16-29-39-30-24(35)12-21(31(42)43)13-27(30)41(29)18-32(6-7-32)8-9-36/h1-5,11-13H,6-8,10,15-18H2,(H,42,43). The van der Waals surface area contributed by atoms with Crippen molar-refractivity contribution in [2.75, 3.05) is 13.1 Å². The summed E-state index contributed by atoms with van der Waals surface area (Å²) in [6, 6.07) is 13.0. The lowest BCUT2D eigenvalue weighted by molar-refractivity contribution is 0.0696. The van der Waals surface area contributed by atoms with E-state index in [1.807, 2.05) is 21.6 Å². The van der Waals surface area contributed by atoms with Gasteiger partial charge in [0.15, 0.2) is 17.4 Å². The SMILES string of the molecule is N#CCC1(Cn2c(CN3CC=C(c4ccc(F)c(COc5ccc(C#N)cc5F)n4)C3)nc3c(F)cc(C(=O)O)cc32)CC1. The number of carboxylic acids is 1. The number of aromatic carboxylic acids is 1. The van der Waals surface area contributed by atoms with E-state index in [1.165, 1.54) is 24.3 Å². The molecule has 2 aromatic heterocycles. The Morgan fingerprint density at radius 2 is 1.86 bits per heavy atom. The highest BCUT2D eigenvalue weighted by Crippen LogP contribution is 2.50. The van der Waals surface area contributed by atoms with E-state index >= 15 is 0 Å². The summed E-state index contributed by atoms with van der Waals surface area (Å²) in [4.78, 5) is 22.7. The maximum Gasteiger partial charge on any atom is 0.335 e. The summed E-state index contributed by atoms with van der Waals surface area (Å²) in [5.74, 6) is -2.90. The highest BCUT2D eigenvalue weighted by atomic mass is 19.1. The fourth-order valence-corrected chi connectivity index (χ4v) is 5.43. The van der Waals surface area contributed by atoms with Gasteiger partial charge in [0, 0.05) is 31.5 Å². The van der Waals surface area contributed by atoms with E-state index in [9.17, 15) is 28.3 Å². The molecule has 1 aliphatic heterocycles. The van der Waals surface area contributed by atoms with Gasteiger partial charge in [-0.1, -0.05) is 6.08 Å². The fourth-order valence-electron chi connectivity index (χ4n) is 5.43. The number of hydrogen-bond donors (Lipinski definition) is 1. The molecule has 0 saturated heterocycles. The molecule has 2 aromatic carbocycles. The molecule has 0 atom stereocenters. The van der Waals surface area contributed by atoms with Crippen molar-refractivity contribution in [1.29, 1.82) is 10.5 Å². The van der Waals surface area contributed by atoms with E-state index in [-0.39, 0.29) is 40.1 Å². The zero-order valence-electron chi connectivity index (χ0n) is 23.4. The Morgan fingerprint density at radius 3 is 2.57 bits per heavy atom. The van der Waals surface area contributed by atoms with Gasteiger partial charge in [-0.05, 0) is 60.9 Å². The molecule has 3 heterocycles. The maximum atomic E-state index is 15.0. The largest absolute Gasteiger partial charge is 0.484 e. The third-order valence-corrected chi connectivity index (χ3v) is 8.07. The highest BCUT2D eigenvalue weighted by molar-refractivity contribution is 5.92. The number of rotatable bonds is 10. The van der Waals surface area contributed by atoms with Crippen LogP contribution >= 0.6 is 0 Å². The number of nitriles is 2. The van der Waals surface area contributed by atoms with Crippen LogP contribution in [0.4, 0.5) is 13.2 Å². The molecule has 1 aliphatic carbocycles. The predicted molar refractivity (Wildman–Crippen MR) is 151 cm³/mol. The van der Waals surface area contributed by atoms with E-state index in [2.05, 4.69) is 16.0 Å². The third-order valence-electron chi connectivity index (χ3n) is 8.07. The van der Waals surface area contributed by atoms with E-state index in [0.29, 0.717) is 49.6 Å². The molecule has 1 fully saturated rings. The number of carbonyl (C=O) groups is 1. The lowest BCUT2D eigenvalue weighted by Gasteiger charge is -2.20. The van der Waals surface area contributed by atoms with Crippen LogP contribution in [0.25, 0.3) is 16.6 Å². The number of aromatic nitrogens is 3. The summed E-state index contributed by atoms with van der Waals surface area (Å²) in [5.41, 5.74) is 1.49. The molecular formula is C32H25F3N6O3. The minimum atomic E-state index is -1.25. The summed E-state index contributed by atoms with van der Waals surface area (Å²) < 4.78 is 51.1. The minimum Gasteiger partial charge on any atom is -0.484 e. The van der Waals surface area contributed by atoms with E-state index in [0.717, 1.165) is 30.5 Å². The molecule has 4 aromatic rings. The van der Waals surface area contributed by atoms with Gasteiger partial charge < -0.3 is 14.4 Å². The Bertz CT molecular complexity index is 1920. The molecular weight excluding hydrogens is 573 g/mol. The van der Waals surface area contributed by atoms with Crippen LogP contribution in [0.3, 0.4) is 0 Å². The zero-order chi connectivity index (χ0) is 31.0. The number of ether oxygens (including phenoxy) is 1. The number of fused-ring (bicyclic) bond motifs is 1. The predicted octanol–water partition coefficient (Wildman–Crippen LogP) is 5.59. The number of hydrogen-bond acceptors (Lipinski definition) is 7. The number of pyridine rings is 1. The van der Waals surface area contributed by atoms with Gasteiger partial charge in [-0.3, -0.25) is 4.90 Å². The van der Waals surface area contributed by atoms with E-state index in [1.54, 1.807) is 6.07 Å². The molecule has 9 nitrogen and oxygen atoms in total. The third kappa shape index (κ3) is 5.72. The van der Waals surface area contributed by atoms with Crippen molar-refractivity contribution in [1.82, 2.24) is 19.4 Å². The first-order chi connectivity index (χ1) is 21.2.